The van der Waals surface area contributed by atoms with Gasteiger partial charge in [0, 0.05) is 17.6 Å². The molecule has 2 atom stereocenters. The van der Waals surface area contributed by atoms with Gasteiger partial charge < -0.3 is 25.0 Å². The molecule has 3 aromatic carbocycles. The van der Waals surface area contributed by atoms with E-state index in [1.165, 1.54) is 31.4 Å². The number of aliphatic hydroxyl groups is 1. The first-order chi connectivity index (χ1) is 17.9. The summed E-state index contributed by atoms with van der Waals surface area (Å²) in [4.78, 5) is 0. The summed E-state index contributed by atoms with van der Waals surface area (Å²) >= 11 is 6.36. The summed E-state index contributed by atoms with van der Waals surface area (Å²) < 4.78 is 61.0. The zero-order chi connectivity index (χ0) is 27.9. The Bertz CT molecular complexity index is 1340. The van der Waals surface area contributed by atoms with Crippen LogP contribution in [0.5, 0.6) is 17.2 Å². The first kappa shape index (κ1) is 29.4. The fourth-order valence-corrected chi connectivity index (χ4v) is 4.68. The van der Waals surface area contributed by atoms with Crippen molar-refractivity contribution in [2.75, 3.05) is 24.6 Å². The smallest absolute Gasteiger partial charge is 0.387 e. The van der Waals surface area contributed by atoms with E-state index in [-0.39, 0.29) is 35.9 Å². The zero-order valence-electron chi connectivity index (χ0n) is 20.7. The van der Waals surface area contributed by atoms with Gasteiger partial charge in [0.2, 0.25) is 10.0 Å². The molecule has 206 valence electrons. The number of hydrogen-bond donors (Lipinski definition) is 4. The number of nitrogens with one attached hydrogen (secondary N) is 2. The Hall–Kier alpha value is -3.12. The van der Waals surface area contributed by atoms with Gasteiger partial charge in [-0.2, -0.15) is 8.78 Å². The second-order valence-electron chi connectivity index (χ2n) is 8.63. The van der Waals surface area contributed by atoms with Gasteiger partial charge in [0.1, 0.15) is 5.75 Å². The van der Waals surface area contributed by atoms with Crippen LogP contribution in [-0.4, -0.2) is 51.3 Å². The first-order valence-corrected chi connectivity index (χ1v) is 13.8. The number of phenolic OH excluding ortho intramolecular Hbond substituents is 1. The van der Waals surface area contributed by atoms with E-state index in [9.17, 15) is 27.4 Å². The molecule has 0 aliphatic carbocycles. The van der Waals surface area contributed by atoms with Crippen molar-refractivity contribution in [2.24, 2.45) is 0 Å². The Morgan fingerprint density at radius 3 is 2.42 bits per heavy atom. The average Bonchev–Trinajstić information content (AvgIpc) is 2.83. The molecule has 0 amide bonds. The number of aliphatic hydroxyl groups excluding tert-OH is 1. The molecule has 38 heavy (non-hydrogen) atoms. The van der Waals surface area contributed by atoms with Crippen LogP contribution in [0.25, 0.3) is 0 Å². The molecule has 0 bridgehead atoms. The number of alkyl halides is 2. The minimum Gasteiger partial charge on any atom is -0.506 e. The van der Waals surface area contributed by atoms with Gasteiger partial charge in [-0.05, 0) is 59.9 Å². The fourth-order valence-electron chi connectivity index (χ4n) is 3.90. The molecule has 3 aromatic rings. The minimum atomic E-state index is -3.61. The second kappa shape index (κ2) is 13.1. The third-order valence-corrected chi connectivity index (χ3v) is 6.57. The van der Waals surface area contributed by atoms with Crippen LogP contribution in [0.1, 0.15) is 22.7 Å². The van der Waals surface area contributed by atoms with E-state index < -0.39 is 28.8 Å². The van der Waals surface area contributed by atoms with E-state index in [1.807, 2.05) is 12.1 Å². The van der Waals surface area contributed by atoms with Crippen LogP contribution < -0.4 is 19.5 Å². The second-order valence-corrected chi connectivity index (χ2v) is 10.8. The van der Waals surface area contributed by atoms with Crippen molar-refractivity contribution >= 4 is 27.3 Å². The lowest BCUT2D eigenvalue weighted by Gasteiger charge is -2.23. The van der Waals surface area contributed by atoms with Gasteiger partial charge in [0.15, 0.2) is 11.5 Å². The maximum absolute atomic E-state index is 13.0. The number of phenols is 1. The lowest BCUT2D eigenvalue weighted by molar-refractivity contribution is -0.0512. The molecule has 4 N–H and O–H groups in total. The highest BCUT2D eigenvalue weighted by Crippen LogP contribution is 2.33. The summed E-state index contributed by atoms with van der Waals surface area (Å²) in [7, 11) is -2.26. The Kier molecular flexibility index (Phi) is 10.1. The normalized spacial score (nSPS) is 13.2. The predicted molar refractivity (Wildman–Crippen MR) is 142 cm³/mol. The molecule has 0 saturated carbocycles. The summed E-state index contributed by atoms with van der Waals surface area (Å²) in [5.74, 6) is -0.217. The van der Waals surface area contributed by atoms with Crippen LogP contribution >= 0.6 is 11.6 Å². The summed E-state index contributed by atoms with van der Waals surface area (Å²) in [5, 5.41) is 24.5. The molecule has 12 heteroatoms. The van der Waals surface area contributed by atoms with Crippen LogP contribution in [0, 0.1) is 0 Å². The van der Waals surface area contributed by atoms with Crippen LogP contribution in [0.2, 0.25) is 5.02 Å². The fraction of sp³-hybridized carbons (Fsp3) is 0.308. The molecular weight excluding hydrogens is 542 g/mol. The Morgan fingerprint density at radius 2 is 1.76 bits per heavy atom. The maximum Gasteiger partial charge on any atom is 0.387 e. The van der Waals surface area contributed by atoms with Gasteiger partial charge in [-0.1, -0.05) is 41.9 Å². The Labute approximate surface area is 225 Å². The summed E-state index contributed by atoms with van der Waals surface area (Å²) in [6.07, 6.45) is 0.587. The molecular formula is C26H29ClF2N2O6S. The number of anilines is 1. The third-order valence-electron chi connectivity index (χ3n) is 5.62. The largest absolute Gasteiger partial charge is 0.506 e. The summed E-state index contributed by atoms with van der Waals surface area (Å²) in [6.45, 7) is -2.94. The van der Waals surface area contributed by atoms with E-state index in [2.05, 4.69) is 14.8 Å². The van der Waals surface area contributed by atoms with E-state index in [4.69, 9.17) is 16.3 Å². The number of ether oxygens (including phenoxy) is 2. The molecule has 0 unspecified atom stereocenters. The molecule has 0 fully saturated rings. The highest BCUT2D eigenvalue weighted by molar-refractivity contribution is 7.92. The predicted octanol–water partition coefficient (Wildman–Crippen LogP) is 4.50. The van der Waals surface area contributed by atoms with Gasteiger partial charge in [0.25, 0.3) is 0 Å². The van der Waals surface area contributed by atoms with Crippen LogP contribution in [0.15, 0.2) is 60.7 Å². The molecule has 8 nitrogen and oxygen atoms in total. The van der Waals surface area contributed by atoms with Crippen molar-refractivity contribution in [3.63, 3.8) is 0 Å². The molecule has 0 aromatic heterocycles. The number of methoxy groups -OCH3 is 1. The number of rotatable bonds is 13. The minimum absolute atomic E-state index is 0.00606. The Morgan fingerprint density at radius 1 is 1.03 bits per heavy atom. The number of halogens is 3. The third kappa shape index (κ3) is 8.73. The van der Waals surface area contributed by atoms with E-state index in [0.717, 1.165) is 11.8 Å². The number of hydrogen-bond acceptors (Lipinski definition) is 7. The van der Waals surface area contributed by atoms with E-state index in [0.29, 0.717) is 22.6 Å². The monoisotopic (exact) mass is 570 g/mol. The molecule has 0 spiro atoms. The highest BCUT2D eigenvalue weighted by atomic mass is 35.5. The van der Waals surface area contributed by atoms with Gasteiger partial charge in [0.05, 0.1) is 25.2 Å². The number of sulfonamides is 1. The van der Waals surface area contributed by atoms with Gasteiger partial charge in [-0.15, -0.1) is 0 Å². The zero-order valence-corrected chi connectivity index (χ0v) is 22.3. The maximum atomic E-state index is 13.0. The lowest BCUT2D eigenvalue weighted by atomic mass is 9.97. The first-order valence-electron chi connectivity index (χ1n) is 11.5. The van der Waals surface area contributed by atoms with Crippen LogP contribution in [0.3, 0.4) is 0 Å². The van der Waals surface area contributed by atoms with Crippen molar-refractivity contribution in [1.29, 1.82) is 0 Å². The van der Waals surface area contributed by atoms with Crippen molar-refractivity contribution in [3.8, 4) is 17.2 Å². The SMILES string of the molecule is COc1ccc([C@@H](Cc2ccccc2Cl)NC[C@@H](O)Cc2ccc(O)c(NS(C)(=O)=O)c2)cc1OC(F)F. The molecule has 0 heterocycles. The van der Waals surface area contributed by atoms with Crippen LogP contribution in [-0.2, 0) is 22.9 Å². The summed E-state index contributed by atoms with van der Waals surface area (Å²) in [6, 6.07) is 15.8. The number of aromatic hydroxyl groups is 1. The lowest BCUT2D eigenvalue weighted by Crippen LogP contribution is -2.32. The quantitative estimate of drug-likeness (QED) is 0.223. The van der Waals surface area contributed by atoms with Crippen LogP contribution in [0.4, 0.5) is 14.5 Å². The van der Waals surface area contributed by atoms with E-state index >= 15 is 0 Å². The molecule has 0 aliphatic rings. The molecule has 3 rings (SSSR count). The van der Waals surface area contributed by atoms with Crippen molar-refractivity contribution in [1.82, 2.24) is 5.32 Å². The standard InChI is InChI=1S/C26H29ClF2N2O6S/c1-36-24-10-8-18(14-25(24)37-26(28)29)21(13-17-5-3-4-6-20(17)27)30-15-19(32)11-16-7-9-23(33)22(12-16)31-38(2,34)35/h3-10,12,14,19,21,26,30-33H,11,13,15H2,1-2H3/t19-,21+/m0/s1. The number of benzene rings is 3. The van der Waals surface area contributed by atoms with Crippen molar-refractivity contribution < 1.29 is 36.9 Å². The molecule has 0 aliphatic heterocycles. The topological polar surface area (TPSA) is 117 Å². The average molecular weight is 571 g/mol. The Balaban J connectivity index is 1.80. The summed E-state index contributed by atoms with van der Waals surface area (Å²) in [5.41, 5.74) is 2.01. The van der Waals surface area contributed by atoms with E-state index in [1.54, 1.807) is 24.3 Å². The van der Waals surface area contributed by atoms with Crippen molar-refractivity contribution in [3.05, 3.63) is 82.4 Å². The van der Waals surface area contributed by atoms with Gasteiger partial charge >= 0.3 is 6.61 Å². The highest BCUT2D eigenvalue weighted by Gasteiger charge is 2.20. The van der Waals surface area contributed by atoms with Gasteiger partial charge in [-0.25, -0.2) is 8.42 Å². The molecule has 0 radical (unpaired) electrons. The van der Waals surface area contributed by atoms with Gasteiger partial charge in [-0.3, -0.25) is 4.72 Å². The van der Waals surface area contributed by atoms with Crippen molar-refractivity contribution in [2.45, 2.75) is 31.6 Å². The molecule has 0 saturated heterocycles.